The van der Waals surface area contributed by atoms with E-state index in [1.54, 1.807) is 17.1 Å². The lowest BCUT2D eigenvalue weighted by atomic mass is 9.92. The number of nitrogens with one attached hydrogen (secondary N) is 1. The van der Waals surface area contributed by atoms with Gasteiger partial charge >= 0.3 is 0 Å². The van der Waals surface area contributed by atoms with E-state index >= 15 is 0 Å². The number of ether oxygens (including phenoxy) is 1. The summed E-state index contributed by atoms with van der Waals surface area (Å²) >= 11 is 0. The molecule has 4 rings (SSSR count). The maximum Gasteiger partial charge on any atom is 0.251 e. The Morgan fingerprint density at radius 2 is 1.93 bits per heavy atom. The van der Waals surface area contributed by atoms with Crippen LogP contribution >= 0.6 is 0 Å². The molecule has 0 aliphatic heterocycles. The van der Waals surface area contributed by atoms with Gasteiger partial charge in [-0.2, -0.15) is 5.10 Å². The van der Waals surface area contributed by atoms with Crippen LogP contribution in [0.1, 0.15) is 36.0 Å². The number of benzene rings is 1. The highest BCUT2D eigenvalue weighted by atomic mass is 16.5. The first-order valence-corrected chi connectivity index (χ1v) is 9.26. The molecule has 0 bridgehead atoms. The molecule has 6 nitrogen and oxygen atoms in total. The van der Waals surface area contributed by atoms with Crippen LogP contribution in [0.3, 0.4) is 0 Å². The molecule has 1 saturated carbocycles. The van der Waals surface area contributed by atoms with Gasteiger partial charge in [0.1, 0.15) is 6.10 Å². The first-order valence-electron chi connectivity index (χ1n) is 9.26. The fourth-order valence-corrected chi connectivity index (χ4v) is 3.39. The van der Waals surface area contributed by atoms with Crippen LogP contribution in [0.15, 0.2) is 67.1 Å². The van der Waals surface area contributed by atoms with Crippen LogP contribution in [0.4, 0.5) is 0 Å². The van der Waals surface area contributed by atoms with Crippen molar-refractivity contribution >= 4 is 5.91 Å². The Balaban J connectivity index is 1.31. The Kier molecular flexibility index (Phi) is 5.14. The monoisotopic (exact) mass is 362 g/mol. The van der Waals surface area contributed by atoms with Gasteiger partial charge in [0, 0.05) is 36.3 Å². The third-order valence-electron chi connectivity index (χ3n) is 4.81. The lowest BCUT2D eigenvalue weighted by Crippen LogP contribution is -2.39. The summed E-state index contributed by atoms with van der Waals surface area (Å²) in [6.07, 6.45) is 9.11. The lowest BCUT2D eigenvalue weighted by Gasteiger charge is -2.29. The molecule has 0 unspecified atom stereocenters. The van der Waals surface area contributed by atoms with Gasteiger partial charge in [-0.05, 0) is 56.0 Å². The standard InChI is InChI=1S/C21H22N4O2/c26-21(16-5-3-6-18(15-16)25-14-4-13-23-25)24-17-8-10-19(11-9-17)27-20-7-1-2-12-22-20/h1-7,12-15,17,19H,8-11H2,(H,24,26). The van der Waals surface area contributed by atoms with Gasteiger partial charge in [0.25, 0.3) is 5.91 Å². The summed E-state index contributed by atoms with van der Waals surface area (Å²) in [5.41, 5.74) is 1.52. The molecule has 1 fully saturated rings. The highest BCUT2D eigenvalue weighted by molar-refractivity contribution is 5.94. The molecule has 138 valence electrons. The van der Waals surface area contributed by atoms with E-state index in [2.05, 4.69) is 15.4 Å². The van der Waals surface area contributed by atoms with Crippen LogP contribution in [0.25, 0.3) is 5.69 Å². The van der Waals surface area contributed by atoms with Crippen LogP contribution in [-0.2, 0) is 0 Å². The normalized spacial score (nSPS) is 19.4. The largest absolute Gasteiger partial charge is 0.474 e. The molecule has 0 saturated heterocycles. The summed E-state index contributed by atoms with van der Waals surface area (Å²) in [5.74, 6) is 0.624. The summed E-state index contributed by atoms with van der Waals surface area (Å²) < 4.78 is 7.66. The Hall–Kier alpha value is -3.15. The second-order valence-electron chi connectivity index (χ2n) is 6.73. The van der Waals surface area contributed by atoms with E-state index in [1.165, 1.54) is 0 Å². The van der Waals surface area contributed by atoms with E-state index in [0.29, 0.717) is 11.4 Å². The number of amides is 1. The molecule has 6 heteroatoms. The van der Waals surface area contributed by atoms with Crippen molar-refractivity contribution in [1.82, 2.24) is 20.1 Å². The van der Waals surface area contributed by atoms with Crippen molar-refractivity contribution in [2.75, 3.05) is 0 Å². The van der Waals surface area contributed by atoms with E-state index in [-0.39, 0.29) is 18.1 Å². The molecule has 0 spiro atoms. The average Bonchev–Trinajstić information content (AvgIpc) is 3.25. The highest BCUT2D eigenvalue weighted by Crippen LogP contribution is 2.23. The van der Waals surface area contributed by atoms with E-state index in [1.807, 2.05) is 54.7 Å². The van der Waals surface area contributed by atoms with Crippen LogP contribution < -0.4 is 10.1 Å². The molecule has 3 aromatic rings. The van der Waals surface area contributed by atoms with Crippen molar-refractivity contribution in [2.24, 2.45) is 0 Å². The maximum absolute atomic E-state index is 12.6. The van der Waals surface area contributed by atoms with E-state index in [9.17, 15) is 4.79 Å². The summed E-state index contributed by atoms with van der Waals surface area (Å²) in [4.78, 5) is 16.8. The van der Waals surface area contributed by atoms with Gasteiger partial charge in [-0.15, -0.1) is 0 Å². The molecule has 2 heterocycles. The molecule has 1 aliphatic carbocycles. The quantitative estimate of drug-likeness (QED) is 0.755. The second kappa shape index (κ2) is 8.03. The summed E-state index contributed by atoms with van der Waals surface area (Å²) in [6, 6.07) is 15.2. The number of hydrogen-bond acceptors (Lipinski definition) is 4. The van der Waals surface area contributed by atoms with Gasteiger partial charge < -0.3 is 10.1 Å². The van der Waals surface area contributed by atoms with Crippen LogP contribution in [-0.4, -0.2) is 32.8 Å². The maximum atomic E-state index is 12.6. The zero-order valence-electron chi connectivity index (χ0n) is 15.0. The van der Waals surface area contributed by atoms with Gasteiger partial charge in [-0.3, -0.25) is 4.79 Å². The molecule has 0 radical (unpaired) electrons. The topological polar surface area (TPSA) is 69.0 Å². The van der Waals surface area contributed by atoms with E-state index in [0.717, 1.165) is 31.4 Å². The third kappa shape index (κ3) is 4.34. The van der Waals surface area contributed by atoms with Crippen molar-refractivity contribution in [1.29, 1.82) is 0 Å². The van der Waals surface area contributed by atoms with Crippen LogP contribution in [0.5, 0.6) is 5.88 Å². The number of rotatable bonds is 5. The Labute approximate surface area is 158 Å². The van der Waals surface area contributed by atoms with Gasteiger partial charge in [0.2, 0.25) is 5.88 Å². The highest BCUT2D eigenvalue weighted by Gasteiger charge is 2.24. The Bertz CT molecular complexity index is 872. The summed E-state index contributed by atoms with van der Waals surface area (Å²) in [7, 11) is 0. The fraction of sp³-hybridized carbons (Fsp3) is 0.286. The minimum absolute atomic E-state index is 0.0434. The molecule has 1 aliphatic rings. The smallest absolute Gasteiger partial charge is 0.251 e. The van der Waals surface area contributed by atoms with Crippen molar-refractivity contribution < 1.29 is 9.53 Å². The Morgan fingerprint density at radius 3 is 2.67 bits per heavy atom. The average molecular weight is 362 g/mol. The Morgan fingerprint density at radius 1 is 1.04 bits per heavy atom. The molecule has 1 N–H and O–H groups in total. The van der Waals surface area contributed by atoms with E-state index < -0.39 is 0 Å². The SMILES string of the molecule is O=C(NC1CCC(Oc2ccccn2)CC1)c1cccc(-n2cccn2)c1. The van der Waals surface area contributed by atoms with Crippen molar-refractivity contribution in [3.8, 4) is 11.6 Å². The van der Waals surface area contributed by atoms with Crippen molar-refractivity contribution in [3.05, 3.63) is 72.7 Å². The zero-order valence-corrected chi connectivity index (χ0v) is 15.0. The fourth-order valence-electron chi connectivity index (χ4n) is 3.39. The number of nitrogens with zero attached hydrogens (tertiary/aromatic N) is 3. The molecule has 1 amide bonds. The molecule has 1 aromatic carbocycles. The minimum atomic E-state index is -0.0434. The first-order chi connectivity index (χ1) is 13.3. The lowest BCUT2D eigenvalue weighted by molar-refractivity contribution is 0.0890. The molecular formula is C21H22N4O2. The predicted molar refractivity (Wildman–Crippen MR) is 102 cm³/mol. The van der Waals surface area contributed by atoms with Crippen molar-refractivity contribution in [3.63, 3.8) is 0 Å². The summed E-state index contributed by atoms with van der Waals surface area (Å²) in [6.45, 7) is 0. The zero-order chi connectivity index (χ0) is 18.5. The third-order valence-corrected chi connectivity index (χ3v) is 4.81. The second-order valence-corrected chi connectivity index (χ2v) is 6.73. The van der Waals surface area contributed by atoms with Gasteiger partial charge in [0.05, 0.1) is 5.69 Å². The molecule has 27 heavy (non-hydrogen) atoms. The van der Waals surface area contributed by atoms with Gasteiger partial charge in [-0.25, -0.2) is 9.67 Å². The number of aromatic nitrogens is 3. The summed E-state index contributed by atoms with van der Waals surface area (Å²) in [5, 5.41) is 7.36. The van der Waals surface area contributed by atoms with Crippen LogP contribution in [0, 0.1) is 0 Å². The number of carbonyl (C=O) groups excluding carboxylic acids is 1. The number of carbonyl (C=O) groups is 1. The van der Waals surface area contributed by atoms with Crippen LogP contribution in [0.2, 0.25) is 0 Å². The minimum Gasteiger partial charge on any atom is -0.474 e. The predicted octanol–water partition coefficient (Wildman–Crippen LogP) is 3.39. The van der Waals surface area contributed by atoms with Gasteiger partial charge in [-0.1, -0.05) is 12.1 Å². The van der Waals surface area contributed by atoms with Crippen molar-refractivity contribution in [2.45, 2.75) is 37.8 Å². The van der Waals surface area contributed by atoms with E-state index in [4.69, 9.17) is 4.74 Å². The van der Waals surface area contributed by atoms with Gasteiger partial charge in [0.15, 0.2) is 0 Å². The first kappa shape index (κ1) is 17.3. The molecule has 2 aromatic heterocycles. The molecular weight excluding hydrogens is 340 g/mol. The number of hydrogen-bond donors (Lipinski definition) is 1. The molecule has 0 atom stereocenters. The number of pyridine rings is 1.